The van der Waals surface area contributed by atoms with Gasteiger partial charge in [0.2, 0.25) is 0 Å². The van der Waals surface area contributed by atoms with Crippen molar-refractivity contribution >= 4 is 27.0 Å². The molecule has 2 atom stereocenters. The highest BCUT2D eigenvalue weighted by atomic mass is 32.2. The predicted molar refractivity (Wildman–Crippen MR) is 130 cm³/mol. The number of carbonyl (C=O) groups is 1. The fourth-order valence-electron chi connectivity index (χ4n) is 3.84. The topological polar surface area (TPSA) is 93.6 Å². The standard InChI is InChI=1S/C25H27NO5S2/c1-25(2,3)33(29,30)14-22(27)20-7-5-4-6-19(20)16-8-9-21-23(11-16)31-12-17(24(21)28)10-18-13-32-15-26-18/h4-9,11,13,15,17,24,28H,10,12,14H2,1-3H3/t17-,24+/m0/s1. The van der Waals surface area contributed by atoms with Gasteiger partial charge in [0.15, 0.2) is 15.6 Å². The van der Waals surface area contributed by atoms with Gasteiger partial charge in [0.1, 0.15) is 11.5 Å². The van der Waals surface area contributed by atoms with E-state index in [0.29, 0.717) is 35.5 Å². The van der Waals surface area contributed by atoms with Gasteiger partial charge < -0.3 is 9.84 Å². The van der Waals surface area contributed by atoms with Crippen molar-refractivity contribution in [3.8, 4) is 16.9 Å². The van der Waals surface area contributed by atoms with Gasteiger partial charge in [-0.3, -0.25) is 4.79 Å². The molecule has 33 heavy (non-hydrogen) atoms. The third-order valence-electron chi connectivity index (χ3n) is 5.98. The van der Waals surface area contributed by atoms with E-state index < -0.39 is 32.2 Å². The van der Waals surface area contributed by atoms with Crippen molar-refractivity contribution in [2.75, 3.05) is 12.4 Å². The molecule has 0 saturated heterocycles. The number of sulfone groups is 1. The molecule has 0 fully saturated rings. The fraction of sp³-hybridized carbons (Fsp3) is 0.360. The number of thiazole rings is 1. The van der Waals surface area contributed by atoms with E-state index in [1.807, 2.05) is 29.6 Å². The van der Waals surface area contributed by atoms with E-state index in [1.165, 1.54) is 11.3 Å². The molecule has 0 spiro atoms. The molecule has 0 aliphatic carbocycles. The summed E-state index contributed by atoms with van der Waals surface area (Å²) in [5.74, 6) is -0.519. The summed E-state index contributed by atoms with van der Waals surface area (Å²) in [6.45, 7) is 5.14. The van der Waals surface area contributed by atoms with Gasteiger partial charge in [0.05, 0.1) is 28.7 Å². The summed E-state index contributed by atoms with van der Waals surface area (Å²) < 4.78 is 30.1. The van der Waals surface area contributed by atoms with Crippen molar-refractivity contribution in [1.82, 2.24) is 4.98 Å². The van der Waals surface area contributed by atoms with Crippen molar-refractivity contribution in [1.29, 1.82) is 0 Å². The monoisotopic (exact) mass is 485 g/mol. The molecule has 174 valence electrons. The number of ether oxygens (including phenoxy) is 1. The van der Waals surface area contributed by atoms with E-state index in [1.54, 1.807) is 44.5 Å². The van der Waals surface area contributed by atoms with Crippen LogP contribution in [-0.4, -0.2) is 41.4 Å². The second-order valence-corrected chi connectivity index (χ2v) is 12.8. The van der Waals surface area contributed by atoms with Crippen molar-refractivity contribution < 1.29 is 23.1 Å². The SMILES string of the molecule is CC(C)(C)S(=O)(=O)CC(=O)c1ccccc1-c1ccc2c(c1)OC[C@H](Cc1cscn1)[C@H]2O. The number of fused-ring (bicyclic) bond motifs is 1. The van der Waals surface area contributed by atoms with E-state index >= 15 is 0 Å². The predicted octanol–water partition coefficient (Wildman–Crippen LogP) is 4.49. The number of hydrogen-bond donors (Lipinski definition) is 1. The van der Waals surface area contributed by atoms with Gasteiger partial charge in [0, 0.05) is 22.4 Å². The lowest BCUT2D eigenvalue weighted by Crippen LogP contribution is -2.33. The average Bonchev–Trinajstić information content (AvgIpc) is 3.27. The van der Waals surface area contributed by atoms with Crippen LogP contribution in [0.15, 0.2) is 53.4 Å². The van der Waals surface area contributed by atoms with E-state index in [4.69, 9.17) is 4.74 Å². The Balaban J connectivity index is 1.61. The minimum absolute atomic E-state index is 0.0954. The van der Waals surface area contributed by atoms with Crippen LogP contribution in [-0.2, 0) is 16.3 Å². The fourth-order valence-corrected chi connectivity index (χ4v) is 5.34. The molecule has 0 saturated carbocycles. The number of hydrogen-bond acceptors (Lipinski definition) is 7. The first kappa shape index (κ1) is 23.6. The Hall–Kier alpha value is -2.55. The summed E-state index contributed by atoms with van der Waals surface area (Å²) in [5, 5.41) is 12.9. The summed E-state index contributed by atoms with van der Waals surface area (Å²) >= 11 is 1.52. The number of benzene rings is 2. The van der Waals surface area contributed by atoms with Crippen LogP contribution in [0, 0.1) is 5.92 Å². The molecule has 1 N–H and O–H groups in total. The summed E-state index contributed by atoms with van der Waals surface area (Å²) in [4.78, 5) is 17.3. The lowest BCUT2D eigenvalue weighted by Gasteiger charge is -2.30. The van der Waals surface area contributed by atoms with E-state index in [9.17, 15) is 18.3 Å². The van der Waals surface area contributed by atoms with Crippen molar-refractivity contribution in [2.24, 2.45) is 5.92 Å². The molecule has 0 unspecified atom stereocenters. The molecule has 0 amide bonds. The third-order valence-corrected chi connectivity index (χ3v) is 9.12. The molecule has 1 aliphatic rings. The normalized spacial score (nSPS) is 18.4. The number of rotatable bonds is 6. The zero-order valence-corrected chi connectivity index (χ0v) is 20.4. The number of aliphatic hydroxyl groups is 1. The molecule has 6 nitrogen and oxygen atoms in total. The number of Topliss-reactive ketones (excluding diaryl/α,β-unsaturated/α-hetero) is 1. The summed E-state index contributed by atoms with van der Waals surface area (Å²) in [7, 11) is -3.61. The van der Waals surface area contributed by atoms with Crippen LogP contribution < -0.4 is 4.74 Å². The maximum Gasteiger partial charge on any atom is 0.178 e. The van der Waals surface area contributed by atoms with Crippen molar-refractivity contribution in [3.05, 3.63) is 70.2 Å². The van der Waals surface area contributed by atoms with Crippen LogP contribution in [0.4, 0.5) is 0 Å². The Morgan fingerprint density at radius 3 is 2.67 bits per heavy atom. The van der Waals surface area contributed by atoms with Gasteiger partial charge >= 0.3 is 0 Å². The van der Waals surface area contributed by atoms with Crippen LogP contribution in [0.3, 0.4) is 0 Å². The maximum atomic E-state index is 13.0. The van der Waals surface area contributed by atoms with Crippen LogP contribution in [0.2, 0.25) is 0 Å². The Morgan fingerprint density at radius 2 is 1.97 bits per heavy atom. The zero-order chi connectivity index (χ0) is 23.8. The quantitative estimate of drug-likeness (QED) is 0.517. The first-order valence-electron chi connectivity index (χ1n) is 10.7. The molecule has 2 heterocycles. The molecule has 8 heteroatoms. The molecule has 4 rings (SSSR count). The van der Waals surface area contributed by atoms with E-state index in [-0.39, 0.29) is 5.92 Å². The van der Waals surface area contributed by atoms with Gasteiger partial charge in [-0.15, -0.1) is 11.3 Å². The number of ketones is 1. The molecule has 0 radical (unpaired) electrons. The minimum atomic E-state index is -3.61. The molecule has 2 aromatic carbocycles. The van der Waals surface area contributed by atoms with Gasteiger partial charge in [0.25, 0.3) is 0 Å². The Bertz CT molecular complexity index is 1260. The largest absolute Gasteiger partial charge is 0.493 e. The van der Waals surface area contributed by atoms with Gasteiger partial charge in [-0.1, -0.05) is 36.4 Å². The van der Waals surface area contributed by atoms with E-state index in [2.05, 4.69) is 4.98 Å². The first-order valence-corrected chi connectivity index (χ1v) is 13.3. The van der Waals surface area contributed by atoms with Crippen LogP contribution >= 0.6 is 11.3 Å². The number of aromatic nitrogens is 1. The number of aliphatic hydroxyl groups excluding tert-OH is 1. The van der Waals surface area contributed by atoms with Gasteiger partial charge in [-0.05, 0) is 44.4 Å². The Morgan fingerprint density at radius 1 is 1.21 bits per heavy atom. The molecular formula is C25H27NO5S2. The second-order valence-electron chi connectivity index (χ2n) is 9.29. The summed E-state index contributed by atoms with van der Waals surface area (Å²) in [6, 6.07) is 12.4. The van der Waals surface area contributed by atoms with Crippen molar-refractivity contribution in [2.45, 2.75) is 38.0 Å². The maximum absolute atomic E-state index is 13.0. The van der Waals surface area contributed by atoms with Crippen LogP contribution in [0.25, 0.3) is 11.1 Å². The number of carbonyl (C=O) groups excluding carboxylic acids is 1. The average molecular weight is 486 g/mol. The molecule has 0 bridgehead atoms. The zero-order valence-electron chi connectivity index (χ0n) is 18.8. The molecule has 1 aliphatic heterocycles. The van der Waals surface area contributed by atoms with Gasteiger partial charge in [-0.25, -0.2) is 13.4 Å². The smallest absolute Gasteiger partial charge is 0.178 e. The van der Waals surface area contributed by atoms with Crippen molar-refractivity contribution in [3.63, 3.8) is 0 Å². The highest BCUT2D eigenvalue weighted by molar-refractivity contribution is 7.93. The highest BCUT2D eigenvalue weighted by Gasteiger charge is 2.33. The van der Waals surface area contributed by atoms with Gasteiger partial charge in [-0.2, -0.15) is 0 Å². The summed E-state index contributed by atoms with van der Waals surface area (Å²) in [5.41, 5.74) is 5.13. The second kappa shape index (κ2) is 9.00. The van der Waals surface area contributed by atoms with E-state index in [0.717, 1.165) is 11.3 Å². The Labute approximate surface area is 198 Å². The molecular weight excluding hydrogens is 458 g/mol. The summed E-state index contributed by atoms with van der Waals surface area (Å²) in [6.07, 6.45) is -0.0517. The lowest BCUT2D eigenvalue weighted by atomic mass is 9.88. The molecule has 3 aromatic rings. The molecule has 1 aromatic heterocycles. The third kappa shape index (κ3) is 4.88. The lowest BCUT2D eigenvalue weighted by molar-refractivity contribution is 0.0504. The van der Waals surface area contributed by atoms with Crippen LogP contribution in [0.1, 0.15) is 48.5 Å². The highest BCUT2D eigenvalue weighted by Crippen LogP contribution is 2.39. The minimum Gasteiger partial charge on any atom is -0.493 e. The first-order chi connectivity index (χ1) is 15.6. The number of nitrogens with zero attached hydrogens (tertiary/aromatic N) is 1. The Kier molecular flexibility index (Phi) is 6.44. The van der Waals surface area contributed by atoms with Crippen LogP contribution in [0.5, 0.6) is 5.75 Å².